The lowest BCUT2D eigenvalue weighted by atomic mass is 10.3. The number of carbonyl (C=O) groups is 1. The highest BCUT2D eigenvalue weighted by Crippen LogP contribution is 2.15. The van der Waals surface area contributed by atoms with Crippen LogP contribution in [0.25, 0.3) is 0 Å². The third-order valence-corrected chi connectivity index (χ3v) is 2.01. The molecule has 1 aromatic rings. The van der Waals surface area contributed by atoms with E-state index >= 15 is 0 Å². The molecule has 0 spiro atoms. The second kappa shape index (κ2) is 4.37. The normalized spacial score (nSPS) is 9.77. The van der Waals surface area contributed by atoms with Crippen LogP contribution in [0.4, 0.5) is 5.82 Å². The Hall–Kier alpha value is -0.900. The quantitative estimate of drug-likeness (QED) is 0.808. The van der Waals surface area contributed by atoms with E-state index in [0.717, 1.165) is 5.56 Å². The van der Waals surface area contributed by atoms with Crippen LogP contribution < -0.4 is 5.32 Å². The highest BCUT2D eigenvalue weighted by atomic mass is 79.9. The van der Waals surface area contributed by atoms with Crippen molar-refractivity contribution in [3.8, 4) is 0 Å². The average Bonchev–Trinajstić information content (AvgIpc) is 2.11. The number of hydrogen-bond donors (Lipinski definition) is 1. The van der Waals surface area contributed by atoms with E-state index in [9.17, 15) is 4.79 Å². The summed E-state index contributed by atoms with van der Waals surface area (Å²) < 4.78 is 0.713. The first-order valence-electron chi connectivity index (χ1n) is 3.87. The average molecular weight is 242 g/mol. The highest BCUT2D eigenvalue weighted by molar-refractivity contribution is 9.10. The molecule has 0 saturated carbocycles. The third-order valence-electron chi connectivity index (χ3n) is 1.57. The third kappa shape index (κ3) is 2.81. The maximum absolute atomic E-state index is 11.0. The SMILES string of the molecule is C[CH]C(=O)Nc1nc(Br)ccc1C. The monoisotopic (exact) mass is 241 g/mol. The van der Waals surface area contributed by atoms with Crippen molar-refractivity contribution in [3.63, 3.8) is 0 Å². The minimum absolute atomic E-state index is 0.145. The van der Waals surface area contributed by atoms with Gasteiger partial charge >= 0.3 is 0 Å². The lowest BCUT2D eigenvalue weighted by molar-refractivity contribution is -0.113. The molecule has 0 atom stereocenters. The smallest absolute Gasteiger partial charge is 0.229 e. The summed E-state index contributed by atoms with van der Waals surface area (Å²) in [6.45, 7) is 3.58. The molecule has 1 heterocycles. The number of aromatic nitrogens is 1. The van der Waals surface area contributed by atoms with E-state index in [1.165, 1.54) is 6.42 Å². The van der Waals surface area contributed by atoms with Crippen molar-refractivity contribution in [2.75, 3.05) is 5.32 Å². The van der Waals surface area contributed by atoms with Crippen molar-refractivity contribution in [2.45, 2.75) is 13.8 Å². The van der Waals surface area contributed by atoms with Crippen LogP contribution in [0.2, 0.25) is 0 Å². The minimum Gasteiger partial charge on any atom is -0.310 e. The number of hydrogen-bond acceptors (Lipinski definition) is 2. The summed E-state index contributed by atoms with van der Waals surface area (Å²) in [4.78, 5) is 15.1. The number of amides is 1. The van der Waals surface area contributed by atoms with Crippen LogP contribution in [-0.4, -0.2) is 10.9 Å². The zero-order valence-corrected chi connectivity index (χ0v) is 9.05. The summed E-state index contributed by atoms with van der Waals surface area (Å²) in [6.07, 6.45) is 1.46. The fourth-order valence-corrected chi connectivity index (χ4v) is 1.13. The van der Waals surface area contributed by atoms with Gasteiger partial charge < -0.3 is 5.32 Å². The van der Waals surface area contributed by atoms with Crippen molar-refractivity contribution < 1.29 is 4.79 Å². The van der Waals surface area contributed by atoms with Crippen LogP contribution in [-0.2, 0) is 4.79 Å². The van der Waals surface area contributed by atoms with Gasteiger partial charge in [-0.15, -0.1) is 0 Å². The summed E-state index contributed by atoms with van der Waals surface area (Å²) in [5.41, 5.74) is 0.943. The Labute approximate surface area is 85.7 Å². The van der Waals surface area contributed by atoms with E-state index < -0.39 is 0 Å². The van der Waals surface area contributed by atoms with Crippen LogP contribution in [0.5, 0.6) is 0 Å². The highest BCUT2D eigenvalue weighted by Gasteiger charge is 2.03. The Morgan fingerprint density at radius 3 is 2.92 bits per heavy atom. The second-order valence-corrected chi connectivity index (χ2v) is 3.39. The van der Waals surface area contributed by atoms with Crippen LogP contribution in [0.1, 0.15) is 12.5 Å². The molecule has 4 heteroatoms. The number of nitrogens with zero attached hydrogens (tertiary/aromatic N) is 1. The fourth-order valence-electron chi connectivity index (χ4n) is 0.820. The molecule has 1 radical (unpaired) electrons. The van der Waals surface area contributed by atoms with Crippen molar-refractivity contribution in [2.24, 2.45) is 0 Å². The van der Waals surface area contributed by atoms with E-state index in [1.807, 2.05) is 19.1 Å². The zero-order valence-electron chi connectivity index (χ0n) is 7.47. The summed E-state index contributed by atoms with van der Waals surface area (Å²) in [5.74, 6) is 0.450. The molecule has 69 valence electrons. The first kappa shape index (κ1) is 10.2. The molecule has 0 fully saturated rings. The molecule has 3 nitrogen and oxygen atoms in total. The molecule has 0 saturated heterocycles. The number of nitrogens with one attached hydrogen (secondary N) is 1. The van der Waals surface area contributed by atoms with Gasteiger partial charge in [0.25, 0.3) is 0 Å². The summed E-state index contributed by atoms with van der Waals surface area (Å²) in [6, 6.07) is 3.73. The molecule has 1 aromatic heterocycles. The van der Waals surface area contributed by atoms with Crippen LogP contribution >= 0.6 is 15.9 Å². The van der Waals surface area contributed by atoms with Gasteiger partial charge in [0.15, 0.2) is 0 Å². The molecule has 1 N–H and O–H groups in total. The molecule has 0 aliphatic heterocycles. The van der Waals surface area contributed by atoms with Crippen molar-refractivity contribution in [1.82, 2.24) is 4.98 Å². The first-order valence-corrected chi connectivity index (χ1v) is 4.66. The largest absolute Gasteiger partial charge is 0.310 e. The van der Waals surface area contributed by atoms with Gasteiger partial charge in [-0.3, -0.25) is 4.79 Å². The standard InChI is InChI=1S/C9H10BrN2O/c1-3-8(13)12-9-6(2)4-5-7(10)11-9/h3-5H,1-2H3,(H,11,12,13). The number of pyridine rings is 1. The Bertz CT molecular complexity index is 325. The molecular formula is C9H10BrN2O. The number of rotatable bonds is 2. The Morgan fingerprint density at radius 1 is 1.62 bits per heavy atom. The van der Waals surface area contributed by atoms with Gasteiger partial charge in [0.2, 0.25) is 5.91 Å². The lowest BCUT2D eigenvalue weighted by Crippen LogP contribution is -2.12. The minimum atomic E-state index is -0.145. The van der Waals surface area contributed by atoms with Crippen LogP contribution in [0.3, 0.4) is 0 Å². The Morgan fingerprint density at radius 2 is 2.31 bits per heavy atom. The first-order chi connectivity index (χ1) is 6.13. The van der Waals surface area contributed by atoms with Crippen LogP contribution in [0.15, 0.2) is 16.7 Å². The lowest BCUT2D eigenvalue weighted by Gasteiger charge is -2.05. The molecule has 0 bridgehead atoms. The van der Waals surface area contributed by atoms with Gasteiger partial charge in [0.1, 0.15) is 10.4 Å². The van der Waals surface area contributed by atoms with Gasteiger partial charge in [0.05, 0.1) is 0 Å². The number of halogens is 1. The Kier molecular flexibility index (Phi) is 3.42. The van der Waals surface area contributed by atoms with Crippen molar-refractivity contribution in [3.05, 3.63) is 28.7 Å². The molecule has 0 aliphatic carbocycles. The van der Waals surface area contributed by atoms with Crippen LogP contribution in [0, 0.1) is 13.3 Å². The van der Waals surface area contributed by atoms with Gasteiger partial charge in [-0.25, -0.2) is 4.98 Å². The molecule has 1 rings (SSSR count). The van der Waals surface area contributed by atoms with Gasteiger partial charge in [-0.1, -0.05) is 13.0 Å². The number of carbonyl (C=O) groups excluding carboxylic acids is 1. The maximum atomic E-state index is 11.0. The maximum Gasteiger partial charge on any atom is 0.229 e. The molecule has 0 unspecified atom stereocenters. The van der Waals surface area contributed by atoms with E-state index in [2.05, 4.69) is 26.2 Å². The van der Waals surface area contributed by atoms with Crippen molar-refractivity contribution >= 4 is 27.7 Å². The predicted molar refractivity (Wildman–Crippen MR) is 55.3 cm³/mol. The zero-order chi connectivity index (χ0) is 9.84. The summed E-state index contributed by atoms with van der Waals surface area (Å²) in [5, 5.41) is 2.67. The van der Waals surface area contributed by atoms with Gasteiger partial charge in [-0.2, -0.15) is 0 Å². The predicted octanol–water partition coefficient (Wildman–Crippen LogP) is 2.32. The Balaban J connectivity index is 2.87. The van der Waals surface area contributed by atoms with E-state index in [1.54, 1.807) is 6.92 Å². The molecule has 1 amide bonds. The number of anilines is 1. The van der Waals surface area contributed by atoms with Gasteiger partial charge in [0, 0.05) is 6.42 Å². The topological polar surface area (TPSA) is 42.0 Å². The molecular weight excluding hydrogens is 232 g/mol. The number of aryl methyl sites for hydroxylation is 1. The van der Waals surface area contributed by atoms with Gasteiger partial charge in [-0.05, 0) is 34.5 Å². The summed E-state index contributed by atoms with van der Waals surface area (Å²) >= 11 is 3.24. The molecule has 0 aliphatic rings. The molecule has 13 heavy (non-hydrogen) atoms. The summed E-state index contributed by atoms with van der Waals surface area (Å²) in [7, 11) is 0. The molecule has 0 aromatic carbocycles. The van der Waals surface area contributed by atoms with Crippen molar-refractivity contribution in [1.29, 1.82) is 0 Å². The van der Waals surface area contributed by atoms with E-state index in [0.29, 0.717) is 10.4 Å². The fraction of sp³-hybridized carbons (Fsp3) is 0.222. The van der Waals surface area contributed by atoms with E-state index in [-0.39, 0.29) is 5.91 Å². The van der Waals surface area contributed by atoms with E-state index in [4.69, 9.17) is 0 Å². The second-order valence-electron chi connectivity index (χ2n) is 2.58.